The monoisotopic (exact) mass is 887 g/mol. The lowest BCUT2D eigenvalue weighted by atomic mass is 9.81. The second kappa shape index (κ2) is 17.7. The van der Waals surface area contributed by atoms with E-state index in [0.717, 1.165) is 0 Å². The molecule has 0 spiro atoms. The third kappa shape index (κ3) is 11.8. The normalized spacial score (nSPS) is 17.8. The molecule has 2 aromatic rings. The fourth-order valence-corrected chi connectivity index (χ4v) is 8.75. The van der Waals surface area contributed by atoms with Crippen molar-refractivity contribution < 1.29 is 71.1 Å². The highest BCUT2D eigenvalue weighted by Gasteiger charge is 2.45. The van der Waals surface area contributed by atoms with Crippen LogP contribution in [0.3, 0.4) is 0 Å². The number of aliphatic carboxylic acids is 1. The molecule has 5 N–H and O–H groups in total. The number of hydrogen-bond acceptors (Lipinski definition) is 11. The standard InChI is InChI=1S/C37H46N2O15S4/c1-36(2)29-24-27(57(48,49)50)13-15-31(29)38(18-22-55(42,43)44)33(36)11-5-8-26(10-7-20-54-21-17-35(40)41)9-6-12-34-37(3,4)30-25-28(58(51,52)53)14-16-32(30)39(34)19-23-56(45,46)47/h5-6,8-9,11-16,24-25H,7,10,17-23H2,1-4H3,(H4-,40,41,42,43,44,45,46,47,48,49,50,51,52,53)/p+1. The third-order valence-corrected chi connectivity index (χ3v) is 12.9. The lowest BCUT2D eigenvalue weighted by molar-refractivity contribution is -0.432. The Kier molecular flexibility index (Phi) is 14.2. The molecule has 2 aliphatic heterocycles. The van der Waals surface area contributed by atoms with E-state index in [2.05, 4.69) is 0 Å². The molecule has 58 heavy (non-hydrogen) atoms. The molecule has 0 aliphatic carbocycles. The number of carboxylic acids is 1. The first-order valence-corrected chi connectivity index (χ1v) is 23.9. The van der Waals surface area contributed by atoms with E-state index < -0.39 is 68.8 Å². The summed E-state index contributed by atoms with van der Waals surface area (Å²) in [7, 11) is -17.9. The topological polar surface area (TPSA) is 270 Å². The first kappa shape index (κ1) is 46.6. The number of fused-ring (bicyclic) bond motifs is 2. The quantitative estimate of drug-likeness (QED) is 0.0569. The van der Waals surface area contributed by atoms with Gasteiger partial charge in [-0.15, -0.1) is 0 Å². The van der Waals surface area contributed by atoms with Gasteiger partial charge in [-0.1, -0.05) is 38.2 Å². The Morgan fingerprint density at radius 2 is 1.38 bits per heavy atom. The molecule has 0 bridgehead atoms. The fraction of sp³-hybridized carbons (Fsp3) is 0.405. The van der Waals surface area contributed by atoms with Crippen molar-refractivity contribution in [1.82, 2.24) is 0 Å². The van der Waals surface area contributed by atoms with E-state index in [1.54, 1.807) is 73.6 Å². The summed E-state index contributed by atoms with van der Waals surface area (Å²) in [6.45, 7) is 7.00. The van der Waals surface area contributed by atoms with Crippen LogP contribution in [0.5, 0.6) is 0 Å². The maximum atomic E-state index is 12.0. The fourth-order valence-electron chi connectivity index (χ4n) is 6.91. The SMILES string of the molecule is CC1(C)C(/C=C/C=C(/C=C/C=C2/N(CCS(=O)(=O)O)c3ccc(S(=O)(=O)O)cc3C2(C)C)CCCOCCC(=O)O)=[N+](CCS(=O)(=O)O)c2ccc(S(=O)(=O)O)cc21. The highest BCUT2D eigenvalue weighted by molar-refractivity contribution is 7.86. The summed E-state index contributed by atoms with van der Waals surface area (Å²) in [5.41, 5.74) is 1.87. The molecule has 0 saturated carbocycles. The second-order valence-electron chi connectivity index (χ2n) is 14.7. The van der Waals surface area contributed by atoms with Crippen LogP contribution in [-0.4, -0.2) is 111 Å². The van der Waals surface area contributed by atoms with Gasteiger partial charge in [0.2, 0.25) is 5.69 Å². The van der Waals surface area contributed by atoms with Gasteiger partial charge in [0.05, 0.1) is 34.0 Å². The Labute approximate surface area is 338 Å². The molecular formula is C37H47N2O15S4+. The Morgan fingerprint density at radius 3 is 1.97 bits per heavy atom. The molecule has 0 aromatic heterocycles. The third-order valence-electron chi connectivity index (χ3n) is 9.81. The van der Waals surface area contributed by atoms with E-state index in [4.69, 9.17) is 9.84 Å². The van der Waals surface area contributed by atoms with Crippen molar-refractivity contribution in [3.05, 3.63) is 95.3 Å². The van der Waals surface area contributed by atoms with Gasteiger partial charge in [0, 0.05) is 47.7 Å². The van der Waals surface area contributed by atoms with Crippen LogP contribution in [0.2, 0.25) is 0 Å². The highest BCUT2D eigenvalue weighted by Crippen LogP contribution is 2.48. The summed E-state index contributed by atoms with van der Waals surface area (Å²) < 4.78 is 141. The lowest BCUT2D eigenvalue weighted by Crippen LogP contribution is -2.30. The van der Waals surface area contributed by atoms with Crippen LogP contribution in [0, 0.1) is 0 Å². The van der Waals surface area contributed by atoms with Crippen LogP contribution in [0.15, 0.2) is 93.9 Å². The maximum absolute atomic E-state index is 12.0. The number of benzene rings is 2. The van der Waals surface area contributed by atoms with Gasteiger partial charge in [0.15, 0.2) is 12.3 Å². The van der Waals surface area contributed by atoms with Gasteiger partial charge >= 0.3 is 5.97 Å². The minimum absolute atomic E-state index is 0.0111. The number of anilines is 1. The Balaban J connectivity index is 1.76. The summed E-state index contributed by atoms with van der Waals surface area (Å²) in [5, 5.41) is 8.92. The molecule has 2 aromatic carbocycles. The van der Waals surface area contributed by atoms with E-state index in [0.29, 0.717) is 52.3 Å². The van der Waals surface area contributed by atoms with Crippen LogP contribution in [-0.2, 0) is 60.8 Å². The maximum Gasteiger partial charge on any atom is 0.305 e. The zero-order valence-electron chi connectivity index (χ0n) is 32.1. The van der Waals surface area contributed by atoms with Gasteiger partial charge < -0.3 is 14.7 Å². The number of nitrogens with zero attached hydrogens (tertiary/aromatic N) is 2. The molecule has 318 valence electrons. The van der Waals surface area contributed by atoms with E-state index >= 15 is 0 Å². The first-order chi connectivity index (χ1) is 26.6. The molecule has 0 unspecified atom stereocenters. The number of ether oxygens (including phenoxy) is 1. The summed E-state index contributed by atoms with van der Waals surface area (Å²) in [6, 6.07) is 7.87. The zero-order valence-corrected chi connectivity index (χ0v) is 35.4. The zero-order chi connectivity index (χ0) is 43.5. The summed E-state index contributed by atoms with van der Waals surface area (Å²) in [4.78, 5) is 11.8. The Bertz CT molecular complexity index is 2550. The molecule has 4 rings (SSSR count). The van der Waals surface area contributed by atoms with Crippen LogP contribution >= 0.6 is 0 Å². The Hall–Kier alpha value is -4.06. The van der Waals surface area contributed by atoms with Crippen LogP contribution < -0.4 is 4.90 Å². The smallest absolute Gasteiger partial charge is 0.305 e. The number of hydrogen-bond donors (Lipinski definition) is 5. The van der Waals surface area contributed by atoms with Gasteiger partial charge in [-0.3, -0.25) is 23.0 Å². The van der Waals surface area contributed by atoms with Gasteiger partial charge in [0.25, 0.3) is 40.5 Å². The van der Waals surface area contributed by atoms with Crippen molar-refractivity contribution in [3.63, 3.8) is 0 Å². The van der Waals surface area contributed by atoms with Gasteiger partial charge in [-0.05, 0) is 74.2 Å². The van der Waals surface area contributed by atoms with Crippen LogP contribution in [0.1, 0.15) is 58.1 Å². The van der Waals surface area contributed by atoms with Crippen LogP contribution in [0.25, 0.3) is 0 Å². The molecular weight excluding hydrogens is 841 g/mol. The van der Waals surface area contributed by atoms with E-state index in [-0.39, 0.29) is 42.5 Å². The minimum atomic E-state index is -4.57. The predicted octanol–water partition coefficient (Wildman–Crippen LogP) is 4.32. The Morgan fingerprint density at radius 1 is 0.776 bits per heavy atom. The van der Waals surface area contributed by atoms with Gasteiger partial charge in [0.1, 0.15) is 5.75 Å². The molecule has 0 saturated heterocycles. The van der Waals surface area contributed by atoms with E-state index in [1.807, 2.05) is 0 Å². The lowest BCUT2D eigenvalue weighted by Gasteiger charge is -2.26. The van der Waals surface area contributed by atoms with E-state index in [9.17, 15) is 56.7 Å². The largest absolute Gasteiger partial charge is 0.481 e. The van der Waals surface area contributed by atoms with E-state index in [1.165, 1.54) is 36.4 Å². The number of carbonyl (C=O) groups is 1. The van der Waals surface area contributed by atoms with Crippen molar-refractivity contribution in [2.24, 2.45) is 0 Å². The van der Waals surface area contributed by atoms with Crippen molar-refractivity contribution >= 4 is 63.5 Å². The molecule has 2 heterocycles. The minimum Gasteiger partial charge on any atom is -0.481 e. The summed E-state index contributed by atoms with van der Waals surface area (Å²) in [5.74, 6) is -2.29. The van der Waals surface area contributed by atoms with Crippen molar-refractivity contribution in [3.8, 4) is 0 Å². The van der Waals surface area contributed by atoms with Crippen molar-refractivity contribution in [2.45, 2.75) is 67.6 Å². The van der Waals surface area contributed by atoms with Crippen LogP contribution in [0.4, 0.5) is 11.4 Å². The number of rotatable bonds is 19. The second-order valence-corrected chi connectivity index (χ2v) is 20.7. The first-order valence-electron chi connectivity index (χ1n) is 17.8. The molecule has 0 amide bonds. The average Bonchev–Trinajstić information content (AvgIpc) is 3.43. The number of carboxylic acid groups (broad SMARTS) is 1. The molecule has 21 heteroatoms. The molecule has 0 atom stereocenters. The summed E-state index contributed by atoms with van der Waals surface area (Å²) >= 11 is 0. The van der Waals surface area contributed by atoms with Gasteiger partial charge in [-0.25, -0.2) is 0 Å². The molecule has 17 nitrogen and oxygen atoms in total. The highest BCUT2D eigenvalue weighted by atomic mass is 32.2. The molecule has 0 fully saturated rings. The van der Waals surface area contributed by atoms with Crippen molar-refractivity contribution in [2.75, 3.05) is 42.7 Å². The van der Waals surface area contributed by atoms with Gasteiger partial charge in [-0.2, -0.15) is 38.2 Å². The predicted molar refractivity (Wildman–Crippen MR) is 215 cm³/mol. The average molecular weight is 888 g/mol. The molecule has 0 radical (unpaired) electrons. The summed E-state index contributed by atoms with van der Waals surface area (Å²) in [6.07, 6.45) is 11.0. The van der Waals surface area contributed by atoms with Crippen molar-refractivity contribution in [1.29, 1.82) is 0 Å². The molecule has 2 aliphatic rings. The number of allylic oxidation sites excluding steroid dienone is 8.